The van der Waals surface area contributed by atoms with Crippen LogP contribution < -0.4 is 20.3 Å². The minimum atomic E-state index is -0.583. The fourth-order valence-electron chi connectivity index (χ4n) is 4.55. The minimum absolute atomic E-state index is 0.0586. The molecule has 0 radical (unpaired) electrons. The number of amides is 2. The maximum Gasteiger partial charge on any atom is 0.323 e. The number of hydrogen-bond acceptors (Lipinski definition) is 5. The van der Waals surface area contributed by atoms with Gasteiger partial charge in [0.05, 0.1) is 24.2 Å². The van der Waals surface area contributed by atoms with E-state index in [4.69, 9.17) is 9.47 Å². The van der Waals surface area contributed by atoms with Crippen molar-refractivity contribution in [3.05, 3.63) is 47.8 Å². The van der Waals surface area contributed by atoms with Gasteiger partial charge in [0.2, 0.25) is 0 Å². The van der Waals surface area contributed by atoms with Gasteiger partial charge in [-0.25, -0.2) is 9.18 Å². The van der Waals surface area contributed by atoms with E-state index in [1.54, 1.807) is 6.07 Å². The topological polar surface area (TPSA) is 79.9 Å². The van der Waals surface area contributed by atoms with E-state index in [0.29, 0.717) is 37.1 Å². The summed E-state index contributed by atoms with van der Waals surface area (Å²) < 4.78 is 25.0. The summed E-state index contributed by atoms with van der Waals surface area (Å²) in [6.07, 6.45) is 4.92. The molecule has 0 spiro atoms. The molecule has 0 saturated carbocycles. The van der Waals surface area contributed by atoms with Gasteiger partial charge in [-0.05, 0) is 61.4 Å². The number of anilines is 3. The summed E-state index contributed by atoms with van der Waals surface area (Å²) in [5.74, 6) is -0.150. The number of nitrogens with zero attached hydrogens (tertiary/aromatic N) is 1. The molecule has 0 bridgehead atoms. The van der Waals surface area contributed by atoms with Crippen LogP contribution in [0.4, 0.5) is 26.2 Å². The highest BCUT2D eigenvalue weighted by molar-refractivity contribution is 6.02. The molecule has 35 heavy (non-hydrogen) atoms. The van der Waals surface area contributed by atoms with E-state index in [1.807, 2.05) is 25.1 Å². The third-order valence-electron chi connectivity index (χ3n) is 6.44. The van der Waals surface area contributed by atoms with E-state index >= 15 is 0 Å². The van der Waals surface area contributed by atoms with Crippen LogP contribution in [-0.4, -0.2) is 45.2 Å². The number of aldehydes is 1. The largest absolute Gasteiger partial charge is 0.497 e. The zero-order valence-corrected chi connectivity index (χ0v) is 20.8. The van der Waals surface area contributed by atoms with E-state index in [1.165, 1.54) is 19.2 Å². The Morgan fingerprint density at radius 2 is 1.91 bits per heavy atom. The first-order chi connectivity index (χ1) is 17.0. The highest BCUT2D eigenvalue weighted by Gasteiger charge is 2.25. The molecular weight excluding hydrogens is 449 g/mol. The SMILES string of the molecule is CCCN(c1ccc(C(CC)CC=O)cc1NC(=O)Nc1ccc(OC)cc1F)C1CCOCC1. The van der Waals surface area contributed by atoms with Gasteiger partial charge >= 0.3 is 6.03 Å². The van der Waals surface area contributed by atoms with Crippen LogP contribution in [0, 0.1) is 5.82 Å². The van der Waals surface area contributed by atoms with Gasteiger partial charge in [-0.2, -0.15) is 0 Å². The number of carbonyl (C=O) groups excluding carboxylic acids is 2. The van der Waals surface area contributed by atoms with Gasteiger partial charge in [-0.3, -0.25) is 0 Å². The predicted molar refractivity (Wildman–Crippen MR) is 137 cm³/mol. The molecule has 8 heteroatoms. The molecule has 2 amide bonds. The number of hydrogen-bond donors (Lipinski definition) is 2. The summed E-state index contributed by atoms with van der Waals surface area (Å²) in [5, 5.41) is 5.55. The number of ether oxygens (including phenoxy) is 2. The van der Waals surface area contributed by atoms with Gasteiger partial charge in [-0.1, -0.05) is 19.9 Å². The molecule has 3 rings (SSSR count). The lowest BCUT2D eigenvalue weighted by atomic mass is 9.92. The molecule has 7 nitrogen and oxygen atoms in total. The Kier molecular flexibility index (Phi) is 9.90. The van der Waals surface area contributed by atoms with Gasteiger partial charge < -0.3 is 29.8 Å². The van der Waals surface area contributed by atoms with E-state index < -0.39 is 11.8 Å². The van der Waals surface area contributed by atoms with Gasteiger partial charge in [0.25, 0.3) is 0 Å². The highest BCUT2D eigenvalue weighted by Crippen LogP contribution is 2.35. The normalized spacial score (nSPS) is 14.7. The average Bonchev–Trinajstić information content (AvgIpc) is 2.87. The summed E-state index contributed by atoms with van der Waals surface area (Å²) in [6, 6.07) is 10.0. The third kappa shape index (κ3) is 6.94. The maximum absolute atomic E-state index is 14.4. The molecule has 1 atom stereocenters. The number of methoxy groups -OCH3 is 1. The molecule has 1 aliphatic rings. The lowest BCUT2D eigenvalue weighted by Crippen LogP contribution is -2.40. The third-order valence-corrected chi connectivity index (χ3v) is 6.44. The van der Waals surface area contributed by atoms with Crippen molar-refractivity contribution >= 4 is 29.4 Å². The molecule has 2 aromatic carbocycles. The Hall–Kier alpha value is -3.13. The first-order valence-corrected chi connectivity index (χ1v) is 12.3. The second kappa shape index (κ2) is 13.1. The van der Waals surface area contributed by atoms with Crippen molar-refractivity contribution < 1.29 is 23.5 Å². The van der Waals surface area contributed by atoms with E-state index in [-0.39, 0.29) is 11.6 Å². The van der Waals surface area contributed by atoms with Crippen LogP contribution in [0.5, 0.6) is 5.75 Å². The smallest absolute Gasteiger partial charge is 0.323 e. The summed E-state index contributed by atoms with van der Waals surface area (Å²) >= 11 is 0. The van der Waals surface area contributed by atoms with E-state index in [9.17, 15) is 14.0 Å². The Labute approximate surface area is 207 Å². The second-order valence-electron chi connectivity index (χ2n) is 8.75. The number of urea groups is 1. The van der Waals surface area contributed by atoms with Crippen LogP contribution in [-0.2, 0) is 9.53 Å². The Morgan fingerprint density at radius 3 is 2.54 bits per heavy atom. The van der Waals surface area contributed by atoms with Crippen LogP contribution in [0.15, 0.2) is 36.4 Å². The Bertz CT molecular complexity index is 994. The summed E-state index contributed by atoms with van der Waals surface area (Å²) in [6.45, 7) is 6.42. The minimum Gasteiger partial charge on any atom is -0.497 e. The average molecular weight is 486 g/mol. The molecule has 0 aromatic heterocycles. The first-order valence-electron chi connectivity index (χ1n) is 12.3. The highest BCUT2D eigenvalue weighted by atomic mass is 19.1. The van der Waals surface area contributed by atoms with Crippen molar-refractivity contribution in [2.75, 3.05) is 42.4 Å². The molecule has 1 unspecified atom stereocenters. The summed E-state index contributed by atoms with van der Waals surface area (Å²) in [7, 11) is 1.46. The van der Waals surface area contributed by atoms with Crippen LogP contribution in [0.2, 0.25) is 0 Å². The molecule has 1 heterocycles. The molecule has 1 saturated heterocycles. The van der Waals surface area contributed by atoms with Gasteiger partial charge in [-0.15, -0.1) is 0 Å². The van der Waals surface area contributed by atoms with Crippen molar-refractivity contribution in [1.82, 2.24) is 0 Å². The monoisotopic (exact) mass is 485 g/mol. The zero-order valence-electron chi connectivity index (χ0n) is 20.8. The standard InChI is InChI=1S/C27H36FN3O4/c1-4-13-31(21-11-15-35-16-12-21)26-9-6-20(19(5-2)10-14-32)17-25(26)30-27(33)29-24-8-7-22(34-3)18-23(24)28/h6-9,14,17-19,21H,4-5,10-13,15-16H2,1-3H3,(H2,29,30,33). The van der Waals surface area contributed by atoms with Crippen LogP contribution in [0.25, 0.3) is 0 Å². The predicted octanol–water partition coefficient (Wildman–Crippen LogP) is 5.96. The van der Waals surface area contributed by atoms with Crippen molar-refractivity contribution in [2.24, 2.45) is 0 Å². The number of nitrogens with one attached hydrogen (secondary N) is 2. The van der Waals surface area contributed by atoms with Gasteiger partial charge in [0, 0.05) is 38.3 Å². The number of carbonyl (C=O) groups is 2. The zero-order chi connectivity index (χ0) is 25.2. The van der Waals surface area contributed by atoms with Crippen LogP contribution in [0.3, 0.4) is 0 Å². The fraction of sp³-hybridized carbons (Fsp3) is 0.481. The number of rotatable bonds is 11. The number of halogens is 1. The van der Waals surface area contributed by atoms with Gasteiger partial charge in [0.15, 0.2) is 0 Å². The molecule has 1 fully saturated rings. The Balaban J connectivity index is 1.93. The van der Waals surface area contributed by atoms with Crippen LogP contribution in [0.1, 0.15) is 57.4 Å². The van der Waals surface area contributed by atoms with Crippen molar-refractivity contribution in [2.45, 2.75) is 57.9 Å². The Morgan fingerprint density at radius 1 is 1.17 bits per heavy atom. The lowest BCUT2D eigenvalue weighted by molar-refractivity contribution is -0.108. The molecule has 2 aromatic rings. The second-order valence-corrected chi connectivity index (χ2v) is 8.75. The fourth-order valence-corrected chi connectivity index (χ4v) is 4.55. The van der Waals surface area contributed by atoms with Gasteiger partial charge in [0.1, 0.15) is 17.9 Å². The van der Waals surface area contributed by atoms with Crippen molar-refractivity contribution in [3.63, 3.8) is 0 Å². The quantitative estimate of drug-likeness (QED) is 0.384. The van der Waals surface area contributed by atoms with E-state index in [0.717, 1.165) is 49.8 Å². The summed E-state index contributed by atoms with van der Waals surface area (Å²) in [5.41, 5.74) is 2.59. The first kappa shape index (κ1) is 26.5. The molecule has 0 aliphatic carbocycles. The van der Waals surface area contributed by atoms with Crippen LogP contribution >= 0.6 is 0 Å². The molecule has 2 N–H and O–H groups in total. The lowest BCUT2D eigenvalue weighted by Gasteiger charge is -2.37. The number of benzene rings is 2. The molecule has 1 aliphatic heterocycles. The summed E-state index contributed by atoms with van der Waals surface area (Å²) in [4.78, 5) is 26.5. The van der Waals surface area contributed by atoms with Crippen molar-refractivity contribution in [1.29, 1.82) is 0 Å². The maximum atomic E-state index is 14.4. The molecular formula is C27H36FN3O4. The molecule has 190 valence electrons. The van der Waals surface area contributed by atoms with Crippen molar-refractivity contribution in [3.8, 4) is 5.75 Å². The van der Waals surface area contributed by atoms with E-state index in [2.05, 4.69) is 22.5 Å².